The summed E-state index contributed by atoms with van der Waals surface area (Å²) >= 11 is 0. The number of carbonyl (C=O) groups excluding carboxylic acids is 2. The van der Waals surface area contributed by atoms with Gasteiger partial charge in [0.15, 0.2) is 0 Å². The highest BCUT2D eigenvalue weighted by Gasteiger charge is 2.23. The van der Waals surface area contributed by atoms with Gasteiger partial charge in [0, 0.05) is 25.4 Å². The van der Waals surface area contributed by atoms with Gasteiger partial charge in [-0.3, -0.25) is 14.3 Å². The molecule has 0 aliphatic heterocycles. The van der Waals surface area contributed by atoms with Crippen LogP contribution < -0.4 is 5.32 Å². The fourth-order valence-electron chi connectivity index (χ4n) is 1.37. The van der Waals surface area contributed by atoms with E-state index in [0.29, 0.717) is 6.54 Å². The molecule has 1 amide bonds. The Kier molecular flexibility index (Phi) is 5.52. The first-order valence-electron chi connectivity index (χ1n) is 5.59. The van der Waals surface area contributed by atoms with Crippen LogP contribution >= 0.6 is 0 Å². The molecule has 8 heteroatoms. The molecule has 0 bridgehead atoms. The Morgan fingerprint density at radius 3 is 2.74 bits per heavy atom. The van der Waals surface area contributed by atoms with Crippen LogP contribution in [0.15, 0.2) is 18.5 Å². The molecule has 0 aromatic carbocycles. The number of nitrogens with one attached hydrogen (secondary N) is 1. The van der Waals surface area contributed by atoms with Crippen molar-refractivity contribution in [2.24, 2.45) is 0 Å². The van der Waals surface area contributed by atoms with E-state index in [0.717, 1.165) is 7.11 Å². The van der Waals surface area contributed by atoms with Crippen LogP contribution in [0.3, 0.4) is 0 Å². The van der Waals surface area contributed by atoms with Gasteiger partial charge in [-0.15, -0.1) is 0 Å². The first-order chi connectivity index (χ1) is 9.02. The van der Waals surface area contributed by atoms with Crippen molar-refractivity contribution in [2.45, 2.75) is 25.4 Å². The summed E-state index contributed by atoms with van der Waals surface area (Å²) in [5.41, 5.74) is 0. The number of carboxylic acid groups (broad SMARTS) is 1. The lowest BCUT2D eigenvalue weighted by atomic mass is 10.2. The molecule has 1 aromatic rings. The summed E-state index contributed by atoms with van der Waals surface area (Å²) in [5, 5.41) is 15.1. The molecule has 1 heterocycles. The normalized spacial score (nSPS) is 11.6. The first-order valence-corrected chi connectivity index (χ1v) is 5.59. The second-order valence-corrected chi connectivity index (χ2v) is 3.76. The molecule has 104 valence electrons. The van der Waals surface area contributed by atoms with Crippen LogP contribution in [-0.2, 0) is 25.7 Å². The van der Waals surface area contributed by atoms with E-state index in [1.165, 1.54) is 0 Å². The maximum absolute atomic E-state index is 11.6. The van der Waals surface area contributed by atoms with Crippen molar-refractivity contribution in [3.63, 3.8) is 0 Å². The van der Waals surface area contributed by atoms with E-state index in [1.807, 2.05) is 0 Å². The molecule has 1 atom stereocenters. The van der Waals surface area contributed by atoms with Gasteiger partial charge in [0.05, 0.1) is 13.5 Å². The lowest BCUT2D eigenvalue weighted by molar-refractivity contribution is -0.148. The van der Waals surface area contributed by atoms with Crippen molar-refractivity contribution < 1.29 is 24.2 Å². The van der Waals surface area contributed by atoms with Gasteiger partial charge < -0.3 is 15.2 Å². The molecule has 0 aliphatic carbocycles. The molecule has 0 radical (unpaired) electrons. The van der Waals surface area contributed by atoms with Gasteiger partial charge in [0.2, 0.25) is 5.91 Å². The standard InChI is InChI=1S/C11H15N3O5/c1-19-10(16)7-8(11(17)18)13-9(15)3-6-14-5-2-4-12-14/h2,4-5,8H,3,6-7H2,1H3,(H,13,15)(H,17,18)/t8-/m0/s1. The second kappa shape index (κ2) is 7.14. The topological polar surface area (TPSA) is 111 Å². The van der Waals surface area contributed by atoms with E-state index in [-0.39, 0.29) is 6.42 Å². The van der Waals surface area contributed by atoms with E-state index in [4.69, 9.17) is 5.11 Å². The molecule has 1 aromatic heterocycles. The van der Waals surface area contributed by atoms with Crippen LogP contribution in [0.5, 0.6) is 0 Å². The molecular weight excluding hydrogens is 254 g/mol. The quantitative estimate of drug-likeness (QED) is 0.640. The van der Waals surface area contributed by atoms with Gasteiger partial charge in [-0.25, -0.2) is 4.79 Å². The zero-order valence-corrected chi connectivity index (χ0v) is 10.4. The molecule has 0 unspecified atom stereocenters. The largest absolute Gasteiger partial charge is 0.480 e. The summed E-state index contributed by atoms with van der Waals surface area (Å²) in [5.74, 6) is -2.44. The number of amides is 1. The van der Waals surface area contributed by atoms with Crippen molar-refractivity contribution in [2.75, 3.05) is 7.11 Å². The highest BCUT2D eigenvalue weighted by molar-refractivity contribution is 5.87. The molecule has 0 saturated heterocycles. The van der Waals surface area contributed by atoms with Gasteiger partial charge >= 0.3 is 11.9 Å². The number of aliphatic carboxylic acids is 1. The number of ether oxygens (including phenoxy) is 1. The number of aromatic nitrogens is 2. The Morgan fingerprint density at radius 1 is 1.47 bits per heavy atom. The number of esters is 1. The molecule has 1 rings (SSSR count). The highest BCUT2D eigenvalue weighted by Crippen LogP contribution is 1.97. The molecule has 0 aliphatic rings. The maximum Gasteiger partial charge on any atom is 0.326 e. The molecule has 0 saturated carbocycles. The van der Waals surface area contributed by atoms with Crippen LogP contribution in [0.25, 0.3) is 0 Å². The predicted octanol–water partition coefficient (Wildman–Crippen LogP) is -0.594. The Balaban J connectivity index is 2.42. The van der Waals surface area contributed by atoms with E-state index in [9.17, 15) is 14.4 Å². The smallest absolute Gasteiger partial charge is 0.326 e. The maximum atomic E-state index is 11.6. The number of carboxylic acids is 1. The van der Waals surface area contributed by atoms with Crippen molar-refractivity contribution in [1.82, 2.24) is 15.1 Å². The van der Waals surface area contributed by atoms with E-state index < -0.39 is 30.3 Å². The zero-order valence-electron chi connectivity index (χ0n) is 10.4. The number of rotatable bonds is 7. The Labute approximate surface area is 109 Å². The number of carbonyl (C=O) groups is 3. The Hall–Kier alpha value is -2.38. The van der Waals surface area contributed by atoms with Crippen molar-refractivity contribution in [3.05, 3.63) is 18.5 Å². The minimum atomic E-state index is -1.28. The molecule has 0 fully saturated rings. The lowest BCUT2D eigenvalue weighted by Crippen LogP contribution is -2.42. The number of methoxy groups -OCH3 is 1. The Bertz CT molecular complexity index is 443. The molecule has 0 spiro atoms. The van der Waals surface area contributed by atoms with Gasteiger partial charge in [-0.1, -0.05) is 0 Å². The molecule has 2 N–H and O–H groups in total. The average molecular weight is 269 g/mol. The highest BCUT2D eigenvalue weighted by atomic mass is 16.5. The van der Waals surface area contributed by atoms with E-state index in [1.54, 1.807) is 23.1 Å². The van der Waals surface area contributed by atoms with Crippen molar-refractivity contribution in [3.8, 4) is 0 Å². The van der Waals surface area contributed by atoms with Gasteiger partial charge in [0.1, 0.15) is 6.04 Å². The minimum absolute atomic E-state index is 0.0760. The first kappa shape index (κ1) is 14.7. The van der Waals surface area contributed by atoms with Crippen LogP contribution in [0.4, 0.5) is 0 Å². The van der Waals surface area contributed by atoms with Crippen LogP contribution in [0.2, 0.25) is 0 Å². The predicted molar refractivity (Wildman–Crippen MR) is 63.0 cm³/mol. The van der Waals surface area contributed by atoms with Gasteiger partial charge in [-0.05, 0) is 6.07 Å². The SMILES string of the molecule is COC(=O)C[C@H](NC(=O)CCn1cccn1)C(=O)O. The molecular formula is C11H15N3O5. The summed E-state index contributed by atoms with van der Waals surface area (Å²) in [7, 11) is 1.15. The fraction of sp³-hybridized carbons (Fsp3) is 0.455. The van der Waals surface area contributed by atoms with E-state index in [2.05, 4.69) is 15.2 Å². The van der Waals surface area contributed by atoms with Gasteiger partial charge in [-0.2, -0.15) is 5.10 Å². The summed E-state index contributed by atoms with van der Waals surface area (Å²) < 4.78 is 5.91. The summed E-state index contributed by atoms with van der Waals surface area (Å²) in [6, 6.07) is 0.437. The summed E-state index contributed by atoms with van der Waals surface area (Å²) in [6.07, 6.45) is 2.94. The molecule has 8 nitrogen and oxygen atoms in total. The average Bonchev–Trinajstić information content (AvgIpc) is 2.88. The van der Waals surface area contributed by atoms with E-state index >= 15 is 0 Å². The fourth-order valence-corrected chi connectivity index (χ4v) is 1.37. The Morgan fingerprint density at radius 2 is 2.21 bits per heavy atom. The van der Waals surface area contributed by atoms with Crippen LogP contribution in [0.1, 0.15) is 12.8 Å². The monoisotopic (exact) mass is 269 g/mol. The number of hydrogen-bond acceptors (Lipinski definition) is 5. The number of aryl methyl sites for hydroxylation is 1. The van der Waals surface area contributed by atoms with Crippen molar-refractivity contribution >= 4 is 17.8 Å². The minimum Gasteiger partial charge on any atom is -0.480 e. The third-order valence-electron chi connectivity index (χ3n) is 2.36. The zero-order chi connectivity index (χ0) is 14.3. The summed E-state index contributed by atoms with van der Waals surface area (Å²) in [6.45, 7) is 0.337. The third-order valence-corrected chi connectivity index (χ3v) is 2.36. The van der Waals surface area contributed by atoms with Crippen LogP contribution in [0, 0.1) is 0 Å². The molecule has 19 heavy (non-hydrogen) atoms. The van der Waals surface area contributed by atoms with Crippen molar-refractivity contribution in [1.29, 1.82) is 0 Å². The number of nitrogens with zero attached hydrogens (tertiary/aromatic N) is 2. The summed E-state index contributed by atoms with van der Waals surface area (Å²) in [4.78, 5) is 33.4. The number of hydrogen-bond donors (Lipinski definition) is 2. The van der Waals surface area contributed by atoms with Gasteiger partial charge in [0.25, 0.3) is 0 Å². The third kappa shape index (κ3) is 5.19. The van der Waals surface area contributed by atoms with Crippen LogP contribution in [-0.4, -0.2) is 45.9 Å². The lowest BCUT2D eigenvalue weighted by Gasteiger charge is -2.13. The second-order valence-electron chi connectivity index (χ2n) is 3.76.